The van der Waals surface area contributed by atoms with Crippen molar-refractivity contribution < 1.29 is 92.9 Å². The van der Waals surface area contributed by atoms with Gasteiger partial charge in [-0.05, 0) is 12.8 Å². The fourth-order valence-corrected chi connectivity index (χ4v) is 0.921. The van der Waals surface area contributed by atoms with Gasteiger partial charge in [-0.1, -0.05) is 20.3 Å². The number of carboxylic acid groups (broad SMARTS) is 2. The third-order valence-electron chi connectivity index (χ3n) is 2.49. The van der Waals surface area contributed by atoms with Crippen LogP contribution in [0.4, 0.5) is 0 Å². The maximum atomic E-state index is 10.7. The van der Waals surface area contributed by atoms with Gasteiger partial charge in [-0.3, -0.25) is 9.59 Å². The van der Waals surface area contributed by atoms with Gasteiger partial charge in [0.25, 0.3) is 0 Å². The van der Waals surface area contributed by atoms with Crippen LogP contribution in [-0.2, 0) is 9.59 Å². The molecule has 0 aromatic heterocycles. The molecule has 0 fully saturated rings. The maximum Gasteiger partial charge on any atom is 1.00 e. The van der Waals surface area contributed by atoms with Gasteiger partial charge in [0.2, 0.25) is 0 Å². The molecule has 0 radical (unpaired) electrons. The molecule has 4 nitrogen and oxygen atoms in total. The molecule has 14 heavy (non-hydrogen) atoms. The van der Waals surface area contributed by atoms with Crippen LogP contribution in [0.1, 0.15) is 30.0 Å². The Labute approximate surface area is 141 Å². The largest absolute Gasteiger partial charge is 1.00 e. The number of rotatable bonds is 4. The molecule has 0 saturated carbocycles. The van der Waals surface area contributed by atoms with Crippen LogP contribution in [-0.4, -0.2) is 22.2 Å². The van der Waals surface area contributed by atoms with Gasteiger partial charge in [-0.2, -0.15) is 0 Å². The molecule has 0 rings (SSSR count). The summed E-state index contributed by atoms with van der Waals surface area (Å²) in [5, 5.41) is 17.4. The molecule has 0 spiro atoms. The fourth-order valence-electron chi connectivity index (χ4n) is 0.921. The number of carbonyl (C=O) groups is 2. The molecule has 0 heterocycles. The van der Waals surface area contributed by atoms with Crippen molar-refractivity contribution in [2.24, 2.45) is 11.3 Å². The average molecular weight is 222 g/mol. The van der Waals surface area contributed by atoms with Crippen LogP contribution < -0.4 is 70.2 Å². The third-order valence-corrected chi connectivity index (χ3v) is 2.49. The zero-order valence-corrected chi connectivity index (χ0v) is 12.6. The summed E-state index contributed by atoms with van der Waals surface area (Å²) in [4.78, 5) is 21.4. The maximum absolute atomic E-state index is 10.7. The first-order valence-electron chi connectivity index (χ1n) is 3.84. The first-order chi connectivity index (χ1) is 5.37. The van der Waals surface area contributed by atoms with Gasteiger partial charge in [0, 0.05) is 0 Å². The van der Waals surface area contributed by atoms with Crippen LogP contribution in [0.25, 0.3) is 0 Å². The van der Waals surface area contributed by atoms with Gasteiger partial charge in [-0.25, -0.2) is 0 Å². The summed E-state index contributed by atoms with van der Waals surface area (Å²) < 4.78 is 0. The predicted molar refractivity (Wildman–Crippen MR) is 45.1 cm³/mol. The van der Waals surface area contributed by atoms with Crippen molar-refractivity contribution >= 4 is 11.9 Å². The van der Waals surface area contributed by atoms with E-state index >= 15 is 0 Å². The average Bonchev–Trinajstić information content (AvgIpc) is 2.00. The smallest absolute Gasteiger partial charge is 1.00 e. The topological polar surface area (TPSA) is 74.6 Å². The van der Waals surface area contributed by atoms with E-state index in [0.29, 0.717) is 6.42 Å². The number of carboxylic acids is 2. The van der Waals surface area contributed by atoms with Crippen LogP contribution in [0.5, 0.6) is 0 Å². The van der Waals surface area contributed by atoms with Gasteiger partial charge in [0.05, 0.1) is 0 Å². The monoisotopic (exact) mass is 222 g/mol. The summed E-state index contributed by atoms with van der Waals surface area (Å²) in [6.45, 7) is 4.64. The van der Waals surface area contributed by atoms with E-state index in [2.05, 4.69) is 0 Å². The van der Waals surface area contributed by atoms with Crippen molar-refractivity contribution in [3.8, 4) is 0 Å². The SMILES string of the molecule is CCC(C)C(C)(C(=O)O)C(=O)O.[H-].[H-].[K+].[Li+]. The minimum absolute atomic E-state index is 0. The molecule has 1 unspecified atom stereocenters. The molecule has 0 aliphatic heterocycles. The Balaban J connectivity index is -0.000000101. The molecule has 0 bridgehead atoms. The van der Waals surface area contributed by atoms with Crippen molar-refractivity contribution in [1.29, 1.82) is 0 Å². The van der Waals surface area contributed by atoms with Gasteiger partial charge >= 0.3 is 82.2 Å². The Morgan fingerprint density at radius 1 is 1.36 bits per heavy atom. The first kappa shape index (κ1) is 20.6. The third kappa shape index (κ3) is 4.35. The standard InChI is InChI=1S/C8H14O4.K.Li.2H/c1-4-5(2)8(3,6(9)10)7(11)12;;;;/h5H,4H2,1-3H3,(H,9,10)(H,11,12);;;;/q;2*+1;2*-1. The minimum Gasteiger partial charge on any atom is -1.00 e. The molecule has 0 aromatic rings. The second-order valence-electron chi connectivity index (χ2n) is 3.12. The van der Waals surface area contributed by atoms with E-state index in [4.69, 9.17) is 10.2 Å². The van der Waals surface area contributed by atoms with E-state index in [1.165, 1.54) is 6.92 Å². The molecule has 0 aromatic carbocycles. The summed E-state index contributed by atoms with van der Waals surface area (Å²) in [5.74, 6) is -2.92. The molecule has 74 valence electrons. The van der Waals surface area contributed by atoms with Gasteiger partial charge in [0.15, 0.2) is 5.41 Å². The molecule has 6 heteroatoms. The van der Waals surface area contributed by atoms with Crippen molar-refractivity contribution in [2.75, 3.05) is 0 Å². The second kappa shape index (κ2) is 8.34. The predicted octanol–water partition coefficient (Wildman–Crippen LogP) is -4.56. The summed E-state index contributed by atoms with van der Waals surface area (Å²) in [6, 6.07) is 0. The van der Waals surface area contributed by atoms with Crippen molar-refractivity contribution in [1.82, 2.24) is 0 Å². The van der Waals surface area contributed by atoms with E-state index in [-0.39, 0.29) is 79.0 Å². The van der Waals surface area contributed by atoms with Crippen molar-refractivity contribution in [2.45, 2.75) is 27.2 Å². The van der Waals surface area contributed by atoms with Crippen LogP contribution in [0.15, 0.2) is 0 Å². The number of aliphatic carboxylic acids is 2. The summed E-state index contributed by atoms with van der Waals surface area (Å²) in [7, 11) is 0. The van der Waals surface area contributed by atoms with Gasteiger partial charge < -0.3 is 13.1 Å². The van der Waals surface area contributed by atoms with Crippen LogP contribution in [0.3, 0.4) is 0 Å². The van der Waals surface area contributed by atoms with Crippen LogP contribution in [0, 0.1) is 11.3 Å². The Hall–Kier alpha value is 1.17. The first-order valence-corrected chi connectivity index (χ1v) is 3.84. The summed E-state index contributed by atoms with van der Waals surface area (Å²) in [5.41, 5.74) is -1.66. The fraction of sp³-hybridized carbons (Fsp3) is 0.750. The summed E-state index contributed by atoms with van der Waals surface area (Å²) in [6.07, 6.45) is 0.537. The number of hydrogen-bond donors (Lipinski definition) is 2. The summed E-state index contributed by atoms with van der Waals surface area (Å²) >= 11 is 0. The van der Waals surface area contributed by atoms with Crippen LogP contribution in [0.2, 0.25) is 0 Å². The quantitative estimate of drug-likeness (QED) is 0.371. The molecular weight excluding hydrogens is 206 g/mol. The van der Waals surface area contributed by atoms with E-state index in [0.717, 1.165) is 0 Å². The Bertz CT molecular complexity index is 202. The Kier molecular flexibility index (Phi) is 12.3. The van der Waals surface area contributed by atoms with E-state index in [1.54, 1.807) is 13.8 Å². The molecule has 0 saturated heterocycles. The molecule has 1 atom stereocenters. The minimum atomic E-state index is -1.66. The molecule has 2 N–H and O–H groups in total. The zero-order valence-electron chi connectivity index (χ0n) is 11.5. The van der Waals surface area contributed by atoms with Gasteiger partial charge in [-0.15, -0.1) is 0 Å². The molecule has 0 aliphatic carbocycles. The van der Waals surface area contributed by atoms with E-state index < -0.39 is 17.4 Å². The molecule has 0 aliphatic rings. The van der Waals surface area contributed by atoms with Crippen molar-refractivity contribution in [3.05, 3.63) is 0 Å². The normalized spacial score (nSPS) is 11.9. The van der Waals surface area contributed by atoms with E-state index in [1.807, 2.05) is 0 Å². The zero-order chi connectivity index (χ0) is 9.94. The Morgan fingerprint density at radius 2 is 1.64 bits per heavy atom. The van der Waals surface area contributed by atoms with Crippen LogP contribution >= 0.6 is 0 Å². The van der Waals surface area contributed by atoms with E-state index in [9.17, 15) is 9.59 Å². The second-order valence-corrected chi connectivity index (χ2v) is 3.12. The molecular formula is C8H16KLiO4. The van der Waals surface area contributed by atoms with Gasteiger partial charge in [0.1, 0.15) is 0 Å². The Morgan fingerprint density at radius 3 is 1.71 bits per heavy atom. The molecule has 0 amide bonds. The van der Waals surface area contributed by atoms with Crippen molar-refractivity contribution in [3.63, 3.8) is 0 Å². The number of hydrogen-bond acceptors (Lipinski definition) is 2.